The molecule has 2 aromatic carbocycles. The van der Waals surface area contributed by atoms with E-state index in [1.165, 1.54) is 6.07 Å². The van der Waals surface area contributed by atoms with Crippen LogP contribution < -0.4 is 10.1 Å². The topological polar surface area (TPSA) is 64.6 Å². The minimum Gasteiger partial charge on any atom is -0.444 e. The normalized spacial score (nSPS) is 10.7. The van der Waals surface area contributed by atoms with E-state index in [9.17, 15) is 9.59 Å². The molecule has 0 radical (unpaired) electrons. The van der Waals surface area contributed by atoms with Crippen molar-refractivity contribution in [3.63, 3.8) is 0 Å². The Morgan fingerprint density at radius 1 is 0.957 bits per heavy atom. The van der Waals surface area contributed by atoms with Gasteiger partial charge in [0.2, 0.25) is 0 Å². The number of nitrogens with one attached hydrogen (secondary N) is 1. The van der Waals surface area contributed by atoms with E-state index in [1.54, 1.807) is 63.2 Å². The lowest BCUT2D eigenvalue weighted by atomic mass is 10.2. The predicted octanol–water partition coefficient (Wildman–Crippen LogP) is 4.25. The first-order valence-corrected chi connectivity index (χ1v) is 7.21. The number of carbonyl (C=O) groups is 2. The number of esters is 1. The number of hydrogen-bond acceptors (Lipinski definition) is 4. The zero-order valence-corrected chi connectivity index (χ0v) is 13.3. The van der Waals surface area contributed by atoms with Crippen LogP contribution in [0.15, 0.2) is 54.6 Å². The Balaban J connectivity index is 2.04. The summed E-state index contributed by atoms with van der Waals surface area (Å²) in [6, 6.07) is 15.3. The molecule has 0 atom stereocenters. The van der Waals surface area contributed by atoms with Gasteiger partial charge in [-0.25, -0.2) is 9.59 Å². The molecular weight excluding hydrogens is 294 g/mol. The number of anilines is 1. The Hall–Kier alpha value is -2.82. The first-order valence-electron chi connectivity index (χ1n) is 7.21. The minimum atomic E-state index is -0.589. The van der Waals surface area contributed by atoms with Crippen LogP contribution in [0.3, 0.4) is 0 Å². The lowest BCUT2D eigenvalue weighted by Gasteiger charge is -2.19. The van der Waals surface area contributed by atoms with E-state index in [0.717, 1.165) is 0 Å². The minimum absolute atomic E-state index is 0.336. The van der Waals surface area contributed by atoms with Crippen molar-refractivity contribution in [1.29, 1.82) is 0 Å². The van der Waals surface area contributed by atoms with Crippen LogP contribution in [-0.2, 0) is 4.74 Å². The van der Waals surface area contributed by atoms with Crippen molar-refractivity contribution in [3.05, 3.63) is 60.2 Å². The summed E-state index contributed by atoms with van der Waals surface area (Å²) < 4.78 is 10.4. The van der Waals surface area contributed by atoms with E-state index in [2.05, 4.69) is 5.32 Å². The molecule has 0 aliphatic heterocycles. The van der Waals surface area contributed by atoms with Gasteiger partial charge in [0.1, 0.15) is 11.4 Å². The zero-order chi connectivity index (χ0) is 16.9. The molecule has 120 valence electrons. The van der Waals surface area contributed by atoms with Crippen LogP contribution in [0.1, 0.15) is 31.1 Å². The molecule has 5 heteroatoms. The highest BCUT2D eigenvalue weighted by Crippen LogP contribution is 2.16. The highest BCUT2D eigenvalue weighted by Gasteiger charge is 2.17. The molecule has 1 amide bonds. The maximum atomic E-state index is 12.1. The molecule has 1 N–H and O–H groups in total. The van der Waals surface area contributed by atoms with Crippen molar-refractivity contribution < 1.29 is 19.1 Å². The maximum Gasteiger partial charge on any atom is 0.412 e. The Bertz CT molecular complexity index is 690. The smallest absolute Gasteiger partial charge is 0.412 e. The van der Waals surface area contributed by atoms with Gasteiger partial charge in [-0.1, -0.05) is 24.3 Å². The molecule has 0 saturated heterocycles. The van der Waals surface area contributed by atoms with Crippen molar-refractivity contribution in [3.8, 4) is 5.75 Å². The van der Waals surface area contributed by atoms with Gasteiger partial charge in [-0.3, -0.25) is 5.32 Å². The van der Waals surface area contributed by atoms with Crippen LogP contribution in [0.5, 0.6) is 5.75 Å². The fourth-order valence-corrected chi connectivity index (χ4v) is 1.80. The molecule has 0 aliphatic carbocycles. The number of benzene rings is 2. The number of carbonyl (C=O) groups excluding carboxylic acids is 2. The first kappa shape index (κ1) is 16.5. The third kappa shape index (κ3) is 5.47. The first-order chi connectivity index (χ1) is 10.8. The molecule has 0 heterocycles. The highest BCUT2D eigenvalue weighted by atomic mass is 16.6. The van der Waals surface area contributed by atoms with Gasteiger partial charge in [-0.05, 0) is 51.1 Å². The zero-order valence-electron chi connectivity index (χ0n) is 13.3. The third-order valence-corrected chi connectivity index (χ3v) is 2.70. The van der Waals surface area contributed by atoms with Crippen molar-refractivity contribution in [2.24, 2.45) is 0 Å². The number of amides is 1. The molecule has 0 unspecified atom stereocenters. The molecule has 23 heavy (non-hydrogen) atoms. The molecule has 2 rings (SSSR count). The number of hydrogen-bond donors (Lipinski definition) is 1. The molecule has 0 fully saturated rings. The molecule has 0 aromatic heterocycles. The lowest BCUT2D eigenvalue weighted by Crippen LogP contribution is -2.27. The number of rotatable bonds is 3. The third-order valence-electron chi connectivity index (χ3n) is 2.70. The molecule has 0 aliphatic rings. The van der Waals surface area contributed by atoms with E-state index < -0.39 is 17.7 Å². The largest absolute Gasteiger partial charge is 0.444 e. The van der Waals surface area contributed by atoms with Gasteiger partial charge in [0.15, 0.2) is 0 Å². The number of para-hydroxylation sites is 1. The van der Waals surface area contributed by atoms with E-state index in [-0.39, 0.29) is 0 Å². The van der Waals surface area contributed by atoms with Crippen molar-refractivity contribution in [2.75, 3.05) is 5.32 Å². The molecule has 5 nitrogen and oxygen atoms in total. The van der Waals surface area contributed by atoms with Crippen LogP contribution in [0.2, 0.25) is 0 Å². The second-order valence-corrected chi connectivity index (χ2v) is 5.91. The Morgan fingerprint density at radius 3 is 2.30 bits per heavy atom. The van der Waals surface area contributed by atoms with Crippen LogP contribution in [0.25, 0.3) is 0 Å². The van der Waals surface area contributed by atoms with Crippen molar-refractivity contribution in [1.82, 2.24) is 0 Å². The number of ether oxygens (including phenoxy) is 2. The van der Waals surface area contributed by atoms with Gasteiger partial charge in [-0.2, -0.15) is 0 Å². The molecule has 0 saturated carbocycles. The Kier molecular flexibility index (Phi) is 5.01. The highest BCUT2D eigenvalue weighted by molar-refractivity contribution is 5.93. The van der Waals surface area contributed by atoms with Crippen LogP contribution in [0, 0.1) is 0 Å². The van der Waals surface area contributed by atoms with Gasteiger partial charge in [-0.15, -0.1) is 0 Å². The summed E-state index contributed by atoms with van der Waals surface area (Å²) in [5, 5.41) is 2.59. The monoisotopic (exact) mass is 313 g/mol. The summed E-state index contributed by atoms with van der Waals surface area (Å²) >= 11 is 0. The summed E-state index contributed by atoms with van der Waals surface area (Å²) in [4.78, 5) is 23.9. The summed E-state index contributed by atoms with van der Waals surface area (Å²) in [6.07, 6.45) is -0.578. The second-order valence-electron chi connectivity index (χ2n) is 5.91. The SMILES string of the molecule is CC(C)(C)OC(=O)Nc1cccc(C(=O)Oc2ccccc2)c1. The van der Waals surface area contributed by atoms with Crippen LogP contribution >= 0.6 is 0 Å². The fourth-order valence-electron chi connectivity index (χ4n) is 1.80. The van der Waals surface area contributed by atoms with Gasteiger partial charge in [0, 0.05) is 5.69 Å². The summed E-state index contributed by atoms with van der Waals surface area (Å²) in [5.74, 6) is -0.0351. The van der Waals surface area contributed by atoms with Gasteiger partial charge in [0.25, 0.3) is 0 Å². The summed E-state index contributed by atoms with van der Waals surface area (Å²) in [7, 11) is 0. The van der Waals surface area contributed by atoms with Gasteiger partial charge >= 0.3 is 12.1 Å². The van der Waals surface area contributed by atoms with E-state index in [1.807, 2.05) is 6.07 Å². The molecule has 0 bridgehead atoms. The second kappa shape index (κ2) is 6.96. The van der Waals surface area contributed by atoms with E-state index >= 15 is 0 Å². The fraction of sp³-hybridized carbons (Fsp3) is 0.222. The standard InChI is InChI=1S/C18H19NO4/c1-18(2,3)23-17(21)19-14-9-7-8-13(12-14)16(20)22-15-10-5-4-6-11-15/h4-12H,1-3H3,(H,19,21). The Labute approximate surface area is 135 Å². The van der Waals surface area contributed by atoms with Crippen LogP contribution in [-0.4, -0.2) is 17.7 Å². The van der Waals surface area contributed by atoms with Gasteiger partial charge < -0.3 is 9.47 Å². The molecular formula is C18H19NO4. The van der Waals surface area contributed by atoms with Crippen molar-refractivity contribution >= 4 is 17.7 Å². The summed E-state index contributed by atoms with van der Waals surface area (Å²) in [6.45, 7) is 5.33. The Morgan fingerprint density at radius 2 is 1.65 bits per heavy atom. The molecule has 0 spiro atoms. The van der Waals surface area contributed by atoms with E-state index in [0.29, 0.717) is 17.0 Å². The maximum absolute atomic E-state index is 12.1. The molecule has 2 aromatic rings. The quantitative estimate of drug-likeness (QED) is 0.679. The lowest BCUT2D eigenvalue weighted by molar-refractivity contribution is 0.0634. The summed E-state index contributed by atoms with van der Waals surface area (Å²) in [5.41, 5.74) is 0.206. The van der Waals surface area contributed by atoms with Gasteiger partial charge in [0.05, 0.1) is 5.56 Å². The van der Waals surface area contributed by atoms with Crippen molar-refractivity contribution in [2.45, 2.75) is 26.4 Å². The predicted molar refractivity (Wildman–Crippen MR) is 87.7 cm³/mol. The van der Waals surface area contributed by atoms with E-state index in [4.69, 9.17) is 9.47 Å². The van der Waals surface area contributed by atoms with Crippen LogP contribution in [0.4, 0.5) is 10.5 Å². The average Bonchev–Trinajstić information content (AvgIpc) is 2.46. The average molecular weight is 313 g/mol.